The minimum Gasteiger partial charge on any atom is -0.466 e. The Hall–Kier alpha value is -2.44. The van der Waals surface area contributed by atoms with Crippen molar-refractivity contribution >= 4 is 23.1 Å². The standard InChI is InChI=1S/C26H32ClN3O3/c1-3-21-11-12-24-26(19-13-20(27)15-28-14-19)22(7-5-6-8-25(31)33-4-2)23(29-30(21)24)17-32-16-18-9-10-18/h11-15,18H,3-10,16-17H2,1-2H3. The third-order valence-electron chi connectivity index (χ3n) is 6.07. The first-order valence-corrected chi connectivity index (χ1v) is 12.3. The van der Waals surface area contributed by atoms with Crippen LogP contribution >= 0.6 is 11.6 Å². The van der Waals surface area contributed by atoms with Crippen LogP contribution in [0.2, 0.25) is 5.02 Å². The maximum atomic E-state index is 11.8. The van der Waals surface area contributed by atoms with Gasteiger partial charge in [-0.2, -0.15) is 5.10 Å². The largest absolute Gasteiger partial charge is 0.466 e. The Kier molecular flexibility index (Phi) is 7.99. The number of carbonyl (C=O) groups is 1. The Balaban J connectivity index is 1.71. The quantitative estimate of drug-likeness (QED) is 0.247. The molecule has 3 aromatic heterocycles. The number of fused-ring (bicyclic) bond motifs is 1. The van der Waals surface area contributed by atoms with Gasteiger partial charge in [-0.1, -0.05) is 18.5 Å². The summed E-state index contributed by atoms with van der Waals surface area (Å²) < 4.78 is 13.2. The first-order chi connectivity index (χ1) is 16.1. The van der Waals surface area contributed by atoms with Crippen LogP contribution in [0.3, 0.4) is 0 Å². The van der Waals surface area contributed by atoms with E-state index in [9.17, 15) is 4.79 Å². The summed E-state index contributed by atoms with van der Waals surface area (Å²) in [6, 6.07) is 6.21. The van der Waals surface area contributed by atoms with E-state index in [4.69, 9.17) is 26.2 Å². The molecule has 0 spiro atoms. The lowest BCUT2D eigenvalue weighted by atomic mass is 9.95. The fourth-order valence-electron chi connectivity index (χ4n) is 4.19. The number of halogens is 1. The molecule has 1 aliphatic rings. The summed E-state index contributed by atoms with van der Waals surface area (Å²) >= 11 is 6.33. The smallest absolute Gasteiger partial charge is 0.305 e. The van der Waals surface area contributed by atoms with E-state index < -0.39 is 0 Å². The molecule has 3 heterocycles. The van der Waals surface area contributed by atoms with Crippen molar-refractivity contribution in [3.8, 4) is 11.1 Å². The topological polar surface area (TPSA) is 65.7 Å². The van der Waals surface area contributed by atoms with E-state index >= 15 is 0 Å². The van der Waals surface area contributed by atoms with Crippen molar-refractivity contribution in [2.45, 2.75) is 65.4 Å². The Bertz CT molecular complexity index is 1110. The molecule has 176 valence electrons. The molecule has 0 aliphatic heterocycles. The van der Waals surface area contributed by atoms with Crippen LogP contribution in [-0.4, -0.2) is 33.8 Å². The molecule has 0 bridgehead atoms. The molecule has 1 aliphatic carbocycles. The van der Waals surface area contributed by atoms with Gasteiger partial charge in [0.25, 0.3) is 0 Å². The van der Waals surface area contributed by atoms with E-state index in [1.165, 1.54) is 12.8 Å². The van der Waals surface area contributed by atoms with Crippen LogP contribution in [0, 0.1) is 5.92 Å². The van der Waals surface area contributed by atoms with E-state index in [1.807, 2.05) is 23.7 Å². The van der Waals surface area contributed by atoms with Gasteiger partial charge in [0, 0.05) is 42.2 Å². The minimum atomic E-state index is -0.141. The number of nitrogens with zero attached hydrogens (tertiary/aromatic N) is 3. The van der Waals surface area contributed by atoms with Gasteiger partial charge in [-0.3, -0.25) is 9.78 Å². The zero-order valence-corrected chi connectivity index (χ0v) is 20.2. The van der Waals surface area contributed by atoms with Crippen molar-refractivity contribution in [3.63, 3.8) is 0 Å². The number of rotatable bonds is 12. The summed E-state index contributed by atoms with van der Waals surface area (Å²) in [6.45, 7) is 5.64. The van der Waals surface area contributed by atoms with Gasteiger partial charge in [0.2, 0.25) is 0 Å². The van der Waals surface area contributed by atoms with Gasteiger partial charge in [-0.15, -0.1) is 0 Å². The Morgan fingerprint density at radius 1 is 1.21 bits per heavy atom. The predicted octanol–water partition coefficient (Wildman–Crippen LogP) is 5.81. The first-order valence-electron chi connectivity index (χ1n) is 12.0. The number of aryl methyl sites for hydroxylation is 1. The van der Waals surface area contributed by atoms with E-state index in [-0.39, 0.29) is 5.97 Å². The lowest BCUT2D eigenvalue weighted by Gasteiger charge is -2.18. The molecule has 1 fully saturated rings. The minimum absolute atomic E-state index is 0.141. The van der Waals surface area contributed by atoms with Gasteiger partial charge >= 0.3 is 5.97 Å². The van der Waals surface area contributed by atoms with Crippen LogP contribution in [0.5, 0.6) is 0 Å². The van der Waals surface area contributed by atoms with Crippen molar-refractivity contribution < 1.29 is 14.3 Å². The third kappa shape index (κ3) is 5.92. The van der Waals surface area contributed by atoms with Gasteiger partial charge in [0.15, 0.2) is 0 Å². The van der Waals surface area contributed by atoms with E-state index in [0.717, 1.165) is 65.9 Å². The molecule has 33 heavy (non-hydrogen) atoms. The molecule has 0 saturated heterocycles. The molecule has 0 amide bonds. The molecular formula is C26H32ClN3O3. The molecule has 1 saturated carbocycles. The van der Waals surface area contributed by atoms with Gasteiger partial charge in [-0.05, 0) is 75.1 Å². The Labute approximate surface area is 200 Å². The highest BCUT2D eigenvalue weighted by molar-refractivity contribution is 6.30. The average Bonchev–Trinajstić information content (AvgIpc) is 3.54. The Morgan fingerprint density at radius 2 is 2.06 bits per heavy atom. The van der Waals surface area contributed by atoms with Crippen LogP contribution in [0.4, 0.5) is 0 Å². The van der Waals surface area contributed by atoms with Gasteiger partial charge < -0.3 is 9.47 Å². The summed E-state index contributed by atoms with van der Waals surface area (Å²) in [6.07, 6.45) is 9.74. The molecule has 7 heteroatoms. The SMILES string of the molecule is CCOC(=O)CCCCc1c(COCC2CC2)nn2c(CC)ccc2c1-c1cncc(Cl)c1. The number of aromatic nitrogens is 3. The van der Waals surface area contributed by atoms with Gasteiger partial charge in [0.1, 0.15) is 0 Å². The summed E-state index contributed by atoms with van der Waals surface area (Å²) in [5, 5.41) is 5.62. The number of hydrogen-bond acceptors (Lipinski definition) is 5. The highest BCUT2D eigenvalue weighted by Gasteiger charge is 2.23. The summed E-state index contributed by atoms with van der Waals surface area (Å²) in [7, 11) is 0. The molecule has 6 nitrogen and oxygen atoms in total. The number of unbranched alkanes of at least 4 members (excludes halogenated alkanes) is 1. The van der Waals surface area contributed by atoms with Crippen molar-refractivity contribution in [2.75, 3.05) is 13.2 Å². The molecule has 0 unspecified atom stereocenters. The fourth-order valence-corrected chi connectivity index (χ4v) is 4.37. The third-order valence-corrected chi connectivity index (χ3v) is 6.28. The number of esters is 1. The second-order valence-corrected chi connectivity index (χ2v) is 9.07. The van der Waals surface area contributed by atoms with Crippen LogP contribution in [0.15, 0.2) is 30.6 Å². The number of hydrogen-bond donors (Lipinski definition) is 0. The van der Waals surface area contributed by atoms with E-state index in [2.05, 4.69) is 24.0 Å². The number of pyridine rings is 1. The highest BCUT2D eigenvalue weighted by Crippen LogP contribution is 2.34. The summed E-state index contributed by atoms with van der Waals surface area (Å²) in [5.74, 6) is 0.550. The molecule has 4 rings (SSSR count). The molecule has 0 atom stereocenters. The Morgan fingerprint density at radius 3 is 2.79 bits per heavy atom. The van der Waals surface area contributed by atoms with E-state index in [0.29, 0.717) is 30.6 Å². The second kappa shape index (κ2) is 11.1. The fraction of sp³-hybridized carbons (Fsp3) is 0.500. The predicted molar refractivity (Wildman–Crippen MR) is 129 cm³/mol. The normalized spacial score (nSPS) is 13.5. The summed E-state index contributed by atoms with van der Waals surface area (Å²) in [4.78, 5) is 16.1. The highest BCUT2D eigenvalue weighted by atomic mass is 35.5. The summed E-state index contributed by atoms with van der Waals surface area (Å²) in [5.41, 5.74) is 6.35. The molecule has 0 radical (unpaired) electrons. The zero-order chi connectivity index (χ0) is 23.2. The lowest BCUT2D eigenvalue weighted by Crippen LogP contribution is -2.11. The first kappa shape index (κ1) is 23.7. The number of carbonyl (C=O) groups excluding carboxylic acids is 1. The average molecular weight is 470 g/mol. The number of ether oxygens (including phenoxy) is 2. The van der Waals surface area contributed by atoms with Crippen LogP contribution < -0.4 is 0 Å². The monoisotopic (exact) mass is 469 g/mol. The second-order valence-electron chi connectivity index (χ2n) is 8.64. The van der Waals surface area contributed by atoms with Crippen molar-refractivity contribution in [1.29, 1.82) is 0 Å². The molecule has 0 N–H and O–H groups in total. The van der Waals surface area contributed by atoms with Crippen molar-refractivity contribution in [1.82, 2.24) is 14.6 Å². The van der Waals surface area contributed by atoms with Crippen LogP contribution in [0.25, 0.3) is 16.6 Å². The maximum absolute atomic E-state index is 11.8. The van der Waals surface area contributed by atoms with Crippen molar-refractivity contribution in [3.05, 3.63) is 52.6 Å². The molecule has 0 aromatic carbocycles. The van der Waals surface area contributed by atoms with Crippen LogP contribution in [-0.2, 0) is 33.7 Å². The van der Waals surface area contributed by atoms with Gasteiger partial charge in [0.05, 0.1) is 29.4 Å². The van der Waals surface area contributed by atoms with Crippen LogP contribution in [0.1, 0.15) is 62.9 Å². The molecular weight excluding hydrogens is 438 g/mol. The lowest BCUT2D eigenvalue weighted by molar-refractivity contribution is -0.143. The zero-order valence-electron chi connectivity index (χ0n) is 19.5. The molecule has 3 aromatic rings. The maximum Gasteiger partial charge on any atom is 0.305 e. The van der Waals surface area contributed by atoms with E-state index in [1.54, 1.807) is 6.20 Å². The van der Waals surface area contributed by atoms with Crippen molar-refractivity contribution in [2.24, 2.45) is 5.92 Å². The van der Waals surface area contributed by atoms with Gasteiger partial charge in [-0.25, -0.2) is 4.52 Å².